The molecule has 3 aromatic rings. The lowest BCUT2D eigenvalue weighted by Crippen LogP contribution is -2.36. The van der Waals surface area contributed by atoms with Crippen LogP contribution < -0.4 is 20.3 Å². The molecule has 1 aliphatic heterocycles. The standard InChI is InChI=1S/C23H27N7O4/c1-4-22(32)25-17-11-18(20(33-3)12-19(17)29-7-9-34-10-8-29)26-23-24-6-5-21(27-23)30-13-16(14-31)15(2)28-30/h4-6,11-13,31H,1,7-10,14H2,2-3H3,(H,25,32)(H,24,26,27). The van der Waals surface area contributed by atoms with E-state index in [-0.39, 0.29) is 12.5 Å². The summed E-state index contributed by atoms with van der Waals surface area (Å²) >= 11 is 0. The maximum atomic E-state index is 12.1. The van der Waals surface area contributed by atoms with Gasteiger partial charge in [-0.3, -0.25) is 4.79 Å². The van der Waals surface area contributed by atoms with Crippen LogP contribution in [0.25, 0.3) is 5.82 Å². The second-order valence-electron chi connectivity index (χ2n) is 7.57. The lowest BCUT2D eigenvalue weighted by molar-refractivity contribution is -0.111. The average molecular weight is 466 g/mol. The second-order valence-corrected chi connectivity index (χ2v) is 7.57. The minimum absolute atomic E-state index is 0.103. The molecular formula is C23H27N7O4. The van der Waals surface area contributed by atoms with E-state index in [1.54, 1.807) is 36.3 Å². The summed E-state index contributed by atoms with van der Waals surface area (Å²) in [6.45, 7) is 7.85. The van der Waals surface area contributed by atoms with Crippen LogP contribution in [0.2, 0.25) is 0 Å². The van der Waals surface area contributed by atoms with Crippen LogP contribution in [0.4, 0.5) is 23.0 Å². The molecule has 2 aromatic heterocycles. The van der Waals surface area contributed by atoms with E-state index in [1.807, 2.05) is 13.0 Å². The number of nitrogens with zero attached hydrogens (tertiary/aromatic N) is 5. The number of aryl methyl sites for hydroxylation is 1. The topological polar surface area (TPSA) is 127 Å². The molecule has 1 aliphatic rings. The largest absolute Gasteiger partial charge is 0.494 e. The molecule has 4 rings (SSSR count). The molecule has 0 atom stereocenters. The Kier molecular flexibility index (Phi) is 7.04. The Hall–Kier alpha value is -3.96. The summed E-state index contributed by atoms with van der Waals surface area (Å²) in [7, 11) is 1.58. The molecular weight excluding hydrogens is 438 g/mol. The van der Waals surface area contributed by atoms with Crippen LogP contribution in [0.3, 0.4) is 0 Å². The summed E-state index contributed by atoms with van der Waals surface area (Å²) in [5.74, 6) is 1.08. The Bertz CT molecular complexity index is 1190. The lowest BCUT2D eigenvalue weighted by atomic mass is 10.1. The summed E-state index contributed by atoms with van der Waals surface area (Å²) in [5.41, 5.74) is 3.43. The number of nitrogens with one attached hydrogen (secondary N) is 2. The van der Waals surface area contributed by atoms with Crippen molar-refractivity contribution >= 4 is 28.9 Å². The highest BCUT2D eigenvalue weighted by atomic mass is 16.5. The number of carbonyl (C=O) groups excluding carboxylic acids is 1. The van der Waals surface area contributed by atoms with Gasteiger partial charge in [0.15, 0.2) is 5.82 Å². The Morgan fingerprint density at radius 3 is 2.79 bits per heavy atom. The molecule has 1 aromatic carbocycles. The monoisotopic (exact) mass is 465 g/mol. The van der Waals surface area contributed by atoms with Crippen LogP contribution >= 0.6 is 0 Å². The number of methoxy groups -OCH3 is 1. The Balaban J connectivity index is 1.68. The fourth-order valence-electron chi connectivity index (χ4n) is 3.61. The van der Waals surface area contributed by atoms with Gasteiger partial charge in [0, 0.05) is 43.2 Å². The molecule has 3 N–H and O–H groups in total. The minimum atomic E-state index is -0.322. The first-order chi connectivity index (χ1) is 16.5. The van der Waals surface area contributed by atoms with E-state index in [9.17, 15) is 9.90 Å². The molecule has 1 amide bonds. The van der Waals surface area contributed by atoms with Crippen LogP contribution in [-0.2, 0) is 16.1 Å². The van der Waals surface area contributed by atoms with E-state index in [2.05, 4.69) is 37.2 Å². The SMILES string of the molecule is C=CC(=O)Nc1cc(Nc2nccc(-n3cc(CO)c(C)n3)n2)c(OC)cc1N1CCOCC1. The van der Waals surface area contributed by atoms with Crippen molar-refractivity contribution in [1.29, 1.82) is 0 Å². The third-order valence-electron chi connectivity index (χ3n) is 5.41. The number of carbonyl (C=O) groups is 1. The first-order valence-corrected chi connectivity index (χ1v) is 10.8. The zero-order valence-corrected chi connectivity index (χ0v) is 19.1. The number of amides is 1. The molecule has 1 fully saturated rings. The van der Waals surface area contributed by atoms with E-state index < -0.39 is 0 Å². The third-order valence-corrected chi connectivity index (χ3v) is 5.41. The van der Waals surface area contributed by atoms with E-state index in [0.717, 1.165) is 16.9 Å². The molecule has 3 heterocycles. The van der Waals surface area contributed by atoms with Crippen molar-refractivity contribution < 1.29 is 19.4 Å². The van der Waals surface area contributed by atoms with E-state index in [0.29, 0.717) is 55.2 Å². The molecule has 0 aliphatic carbocycles. The summed E-state index contributed by atoms with van der Waals surface area (Å²) in [6.07, 6.45) is 4.55. The average Bonchev–Trinajstić information content (AvgIpc) is 3.25. The van der Waals surface area contributed by atoms with Gasteiger partial charge in [-0.1, -0.05) is 6.58 Å². The number of rotatable bonds is 8. The highest BCUT2D eigenvalue weighted by Gasteiger charge is 2.20. The van der Waals surface area contributed by atoms with Gasteiger partial charge in [-0.2, -0.15) is 10.1 Å². The number of morpholine rings is 1. The van der Waals surface area contributed by atoms with Gasteiger partial charge >= 0.3 is 0 Å². The van der Waals surface area contributed by atoms with Gasteiger partial charge in [0.2, 0.25) is 11.9 Å². The van der Waals surface area contributed by atoms with Crippen molar-refractivity contribution in [2.24, 2.45) is 0 Å². The van der Waals surface area contributed by atoms with Gasteiger partial charge in [0.1, 0.15) is 5.75 Å². The number of benzene rings is 1. The molecule has 0 unspecified atom stereocenters. The highest BCUT2D eigenvalue weighted by Crippen LogP contribution is 2.38. The van der Waals surface area contributed by atoms with Crippen molar-refractivity contribution in [3.05, 3.63) is 54.5 Å². The van der Waals surface area contributed by atoms with Crippen LogP contribution in [0.1, 0.15) is 11.3 Å². The van der Waals surface area contributed by atoms with E-state index in [1.165, 1.54) is 6.08 Å². The van der Waals surface area contributed by atoms with Gasteiger partial charge in [0.25, 0.3) is 0 Å². The molecule has 11 nitrogen and oxygen atoms in total. The van der Waals surface area contributed by atoms with Crippen LogP contribution in [-0.4, -0.2) is 64.2 Å². The summed E-state index contributed by atoms with van der Waals surface area (Å²) in [5, 5.41) is 19.9. The predicted octanol–water partition coefficient (Wildman–Crippen LogP) is 2.18. The number of hydrogen-bond donors (Lipinski definition) is 3. The van der Waals surface area contributed by atoms with Gasteiger partial charge in [-0.05, 0) is 19.1 Å². The van der Waals surface area contributed by atoms with Gasteiger partial charge in [-0.25, -0.2) is 9.67 Å². The van der Waals surface area contributed by atoms with Crippen LogP contribution in [0.15, 0.2) is 43.2 Å². The smallest absolute Gasteiger partial charge is 0.247 e. The maximum absolute atomic E-state index is 12.1. The molecule has 0 radical (unpaired) electrons. The first-order valence-electron chi connectivity index (χ1n) is 10.8. The molecule has 34 heavy (non-hydrogen) atoms. The lowest BCUT2D eigenvalue weighted by Gasteiger charge is -2.31. The van der Waals surface area contributed by atoms with E-state index >= 15 is 0 Å². The van der Waals surface area contributed by atoms with E-state index in [4.69, 9.17) is 9.47 Å². The molecule has 0 bridgehead atoms. The first kappa shape index (κ1) is 23.2. The van der Waals surface area contributed by atoms with Gasteiger partial charge < -0.3 is 30.1 Å². The zero-order chi connectivity index (χ0) is 24.1. The minimum Gasteiger partial charge on any atom is -0.494 e. The zero-order valence-electron chi connectivity index (χ0n) is 19.1. The molecule has 1 saturated heterocycles. The summed E-state index contributed by atoms with van der Waals surface area (Å²) < 4.78 is 12.7. The molecule has 178 valence electrons. The molecule has 0 saturated carbocycles. The number of aliphatic hydroxyl groups is 1. The fourth-order valence-corrected chi connectivity index (χ4v) is 3.61. The number of anilines is 4. The molecule has 11 heteroatoms. The van der Waals surface area contributed by atoms with Crippen molar-refractivity contribution in [2.75, 3.05) is 48.9 Å². The van der Waals surface area contributed by atoms with Crippen molar-refractivity contribution in [2.45, 2.75) is 13.5 Å². The number of aromatic nitrogens is 4. The van der Waals surface area contributed by atoms with Crippen LogP contribution in [0, 0.1) is 6.92 Å². The normalized spacial score (nSPS) is 13.4. The second kappa shape index (κ2) is 10.3. The number of ether oxygens (including phenoxy) is 2. The van der Waals surface area contributed by atoms with Crippen molar-refractivity contribution in [3.63, 3.8) is 0 Å². The van der Waals surface area contributed by atoms with Crippen LogP contribution in [0.5, 0.6) is 5.75 Å². The predicted molar refractivity (Wildman–Crippen MR) is 128 cm³/mol. The highest BCUT2D eigenvalue weighted by molar-refractivity contribution is 6.02. The molecule has 0 spiro atoms. The Labute approximate surface area is 197 Å². The van der Waals surface area contributed by atoms with Crippen molar-refractivity contribution in [1.82, 2.24) is 19.7 Å². The van der Waals surface area contributed by atoms with Gasteiger partial charge in [0.05, 0.1) is 49.7 Å². The fraction of sp³-hybridized carbons (Fsp3) is 0.304. The van der Waals surface area contributed by atoms with Crippen molar-refractivity contribution in [3.8, 4) is 11.6 Å². The number of hydrogen-bond acceptors (Lipinski definition) is 9. The maximum Gasteiger partial charge on any atom is 0.247 e. The summed E-state index contributed by atoms with van der Waals surface area (Å²) in [4.78, 5) is 23.1. The quantitative estimate of drug-likeness (QED) is 0.429. The Morgan fingerprint density at radius 1 is 1.32 bits per heavy atom. The third kappa shape index (κ3) is 5.00. The number of aliphatic hydroxyl groups excluding tert-OH is 1. The van der Waals surface area contributed by atoms with Gasteiger partial charge in [-0.15, -0.1) is 0 Å². The summed E-state index contributed by atoms with van der Waals surface area (Å²) in [6, 6.07) is 5.36. The Morgan fingerprint density at radius 2 is 2.12 bits per heavy atom.